The van der Waals surface area contributed by atoms with Crippen LogP contribution in [0.15, 0.2) is 42.7 Å². The molecule has 38 heavy (non-hydrogen) atoms. The molecular weight excluding hydrogens is 464 g/mol. The molecule has 1 N–H and O–H groups in total. The van der Waals surface area contributed by atoms with Gasteiger partial charge < -0.3 is 4.98 Å². The Morgan fingerprint density at radius 3 is 1.84 bits per heavy atom. The smallest absolute Gasteiger partial charge is 0.0503 e. The quantitative estimate of drug-likeness (QED) is 0.228. The number of pyridine rings is 1. The Kier molecular flexibility index (Phi) is 11.3. The van der Waals surface area contributed by atoms with Gasteiger partial charge in [0, 0.05) is 52.0 Å². The van der Waals surface area contributed by atoms with E-state index >= 15 is 0 Å². The number of terminal acetylenes is 1. The van der Waals surface area contributed by atoms with Gasteiger partial charge in [-0.15, -0.1) is 6.42 Å². The highest BCUT2D eigenvalue weighted by atomic mass is 14.7. The van der Waals surface area contributed by atoms with Crippen molar-refractivity contribution in [2.45, 2.75) is 20.8 Å². The van der Waals surface area contributed by atoms with E-state index in [1.807, 2.05) is 12.4 Å². The molecule has 2 aromatic heterocycles. The van der Waals surface area contributed by atoms with Gasteiger partial charge in [-0.3, -0.25) is 4.98 Å². The largest absolute Gasteiger partial charge is 0.354 e. The number of fused-ring (bicyclic) bond motifs is 4. The number of benzene rings is 2. The minimum absolute atomic E-state index is 0. The van der Waals surface area contributed by atoms with Crippen LogP contribution in [0.2, 0.25) is 0 Å². The summed E-state index contributed by atoms with van der Waals surface area (Å²) in [5.41, 5.74) is 5.06. The van der Waals surface area contributed by atoms with E-state index in [1.54, 1.807) is 6.92 Å². The third-order valence-electron chi connectivity index (χ3n) is 5.03. The molecule has 0 saturated carbocycles. The van der Waals surface area contributed by atoms with Gasteiger partial charge in [-0.25, -0.2) is 0 Å². The molecule has 2 heterocycles. The van der Waals surface area contributed by atoms with Crippen LogP contribution in [0, 0.1) is 120 Å². The van der Waals surface area contributed by atoms with E-state index in [1.165, 1.54) is 43.7 Å². The molecule has 0 radical (unpaired) electrons. The van der Waals surface area contributed by atoms with E-state index in [0.717, 1.165) is 0 Å². The topological polar surface area (TPSA) is 76.3 Å². The third-order valence-corrected chi connectivity index (χ3v) is 5.03. The molecule has 4 nitrogen and oxygen atoms in total. The van der Waals surface area contributed by atoms with Gasteiger partial charge >= 0.3 is 0 Å². The van der Waals surface area contributed by atoms with Crippen LogP contribution >= 0.6 is 0 Å². The fourth-order valence-electron chi connectivity index (χ4n) is 3.54. The van der Waals surface area contributed by atoms with Gasteiger partial charge in [0.25, 0.3) is 0 Å². The van der Waals surface area contributed by atoms with Crippen LogP contribution in [0.4, 0.5) is 0 Å². The zero-order chi connectivity index (χ0) is 27.6. The SMILES string of the molecule is C#CC#CC#CC#CC#CC#CC#CC#CC.Cc1c2ccncc2c(C)c2c1[nH]c1ccccc12.N#N.[HH].[HH].[HH].[HH].[HH]. The first-order valence-corrected chi connectivity index (χ1v) is 11.0. The summed E-state index contributed by atoms with van der Waals surface area (Å²) in [6.07, 6.45) is 8.72. The lowest BCUT2D eigenvalue weighted by atomic mass is 9.97. The molecule has 0 saturated heterocycles. The highest BCUT2D eigenvalue weighted by Crippen LogP contribution is 2.35. The number of rotatable bonds is 0. The molecule has 4 heteroatoms. The molecule has 0 unspecified atom stereocenters. The number of hydrogen-bond donors (Lipinski definition) is 1. The molecule has 4 aromatic rings. The molecule has 184 valence electrons. The summed E-state index contributed by atoms with van der Waals surface area (Å²) in [5, 5.41) is 17.2. The van der Waals surface area contributed by atoms with Crippen LogP contribution in [0.1, 0.15) is 25.2 Å². The maximum absolute atomic E-state index is 6.00. The molecule has 0 fully saturated rings. The monoisotopic (exact) mass is 492 g/mol. The highest BCUT2D eigenvalue weighted by Gasteiger charge is 2.13. The van der Waals surface area contributed by atoms with Gasteiger partial charge in [-0.05, 0) is 132 Å². The average Bonchev–Trinajstić information content (AvgIpc) is 3.36. The first kappa shape index (κ1) is 27.8. The van der Waals surface area contributed by atoms with Crippen LogP contribution in [-0.2, 0) is 0 Å². The number of nitrogens with one attached hydrogen (secondary N) is 1. The Morgan fingerprint density at radius 2 is 1.26 bits per heavy atom. The van der Waals surface area contributed by atoms with Crippen LogP contribution in [0.3, 0.4) is 0 Å². The molecule has 0 spiro atoms. The molecule has 0 aliphatic heterocycles. The molecule has 0 amide bonds. The number of hydrogen-bond acceptors (Lipinski definition) is 3. The lowest BCUT2D eigenvalue weighted by Gasteiger charge is -2.08. The minimum atomic E-state index is 0. The van der Waals surface area contributed by atoms with E-state index in [-0.39, 0.29) is 7.13 Å². The van der Waals surface area contributed by atoms with Crippen molar-refractivity contribution >= 4 is 32.6 Å². The van der Waals surface area contributed by atoms with Crippen molar-refractivity contribution in [2.24, 2.45) is 0 Å². The lowest BCUT2D eigenvalue weighted by Crippen LogP contribution is -1.87. The molecule has 0 atom stereocenters. The Morgan fingerprint density at radius 1 is 0.711 bits per heavy atom. The van der Waals surface area contributed by atoms with Gasteiger partial charge in [-0.2, -0.15) is 0 Å². The van der Waals surface area contributed by atoms with Crippen LogP contribution in [0.5, 0.6) is 0 Å². The predicted octanol–water partition coefficient (Wildman–Crippen LogP) is 6.41. The summed E-state index contributed by atoms with van der Waals surface area (Å²) in [5.74, 6) is 36.9. The van der Waals surface area contributed by atoms with E-state index < -0.39 is 0 Å². The summed E-state index contributed by atoms with van der Waals surface area (Å²) in [6.45, 7) is 6.07. The fourth-order valence-corrected chi connectivity index (χ4v) is 3.54. The zero-order valence-electron chi connectivity index (χ0n) is 21.0. The van der Waals surface area contributed by atoms with Crippen molar-refractivity contribution in [3.05, 3.63) is 53.9 Å². The van der Waals surface area contributed by atoms with Gasteiger partial charge in [0.15, 0.2) is 0 Å². The van der Waals surface area contributed by atoms with E-state index in [4.69, 9.17) is 17.2 Å². The van der Waals surface area contributed by atoms with Crippen molar-refractivity contribution in [1.82, 2.24) is 9.97 Å². The van der Waals surface area contributed by atoms with Gasteiger partial charge in [0.2, 0.25) is 0 Å². The average molecular weight is 493 g/mol. The van der Waals surface area contributed by atoms with Gasteiger partial charge in [-0.1, -0.05) is 24.1 Å². The Bertz CT molecular complexity index is 2040. The number of nitrogens with zero attached hydrogens (tertiary/aromatic N) is 3. The Labute approximate surface area is 230 Å². The molecule has 0 aliphatic rings. The standard InChI is InChI=1S/C17H14N2.C17H4.N2.5H2/c1-10-14-9-18-8-7-12(14)11(2)17-16(10)13-5-3-4-6-15(13)19-17;1-3-5-7-9-11-13-15-17-16-14-12-10-8-6-4-2;1-2;;;;;/h3-9,19H,1-2H3;1H,2H3;;5*1H. The number of H-pyrrole nitrogens is 1. The second kappa shape index (κ2) is 15.5. The number of aromatic amines is 1. The van der Waals surface area contributed by atoms with E-state index in [9.17, 15) is 0 Å². The van der Waals surface area contributed by atoms with Crippen LogP contribution in [0.25, 0.3) is 32.6 Å². The second-order valence-electron chi connectivity index (χ2n) is 7.11. The normalized spacial score (nSPS) is 7.58. The van der Waals surface area contributed by atoms with Gasteiger partial charge in [0.1, 0.15) is 0 Å². The zero-order valence-corrected chi connectivity index (χ0v) is 21.0. The molecule has 0 bridgehead atoms. The summed E-state index contributed by atoms with van der Waals surface area (Å²) >= 11 is 0. The number of aryl methyl sites for hydroxylation is 2. The summed E-state index contributed by atoms with van der Waals surface area (Å²) in [4.78, 5) is 7.83. The Balaban J connectivity index is -0.000000304. The van der Waals surface area contributed by atoms with Crippen LogP contribution < -0.4 is 0 Å². The van der Waals surface area contributed by atoms with Crippen molar-refractivity contribution < 1.29 is 7.13 Å². The van der Waals surface area contributed by atoms with Crippen LogP contribution in [-0.4, -0.2) is 9.97 Å². The highest BCUT2D eigenvalue weighted by molar-refractivity contribution is 6.16. The molecule has 2 aromatic carbocycles. The third kappa shape index (κ3) is 7.27. The first-order chi connectivity index (χ1) is 18.7. The Hall–Kier alpha value is -6.45. The first-order valence-electron chi connectivity index (χ1n) is 11.0. The summed E-state index contributed by atoms with van der Waals surface area (Å²) in [7, 11) is 0. The lowest BCUT2D eigenvalue weighted by molar-refractivity contribution is 1.15. The van der Waals surface area contributed by atoms with Gasteiger partial charge in [0.05, 0.1) is 5.52 Å². The van der Waals surface area contributed by atoms with Crippen molar-refractivity contribution in [3.63, 3.8) is 0 Å². The molecule has 4 rings (SSSR count). The minimum Gasteiger partial charge on any atom is -0.354 e. The fraction of sp³-hybridized carbons (Fsp3) is 0.0882. The van der Waals surface area contributed by atoms with E-state index in [2.05, 4.69) is 143 Å². The molecular formula is C34H28N4. The number of aromatic nitrogens is 2. The second-order valence-corrected chi connectivity index (χ2v) is 7.11. The maximum atomic E-state index is 6.00. The summed E-state index contributed by atoms with van der Waals surface area (Å²) < 4.78 is 0. The number of para-hydroxylation sites is 1. The molecule has 0 aliphatic carbocycles. The van der Waals surface area contributed by atoms with Crippen molar-refractivity contribution in [3.8, 4) is 95.2 Å². The van der Waals surface area contributed by atoms with Crippen molar-refractivity contribution in [1.29, 1.82) is 10.8 Å². The predicted molar refractivity (Wildman–Crippen MR) is 164 cm³/mol. The van der Waals surface area contributed by atoms with E-state index in [0.29, 0.717) is 0 Å². The maximum Gasteiger partial charge on any atom is 0.0503 e. The van der Waals surface area contributed by atoms with Crippen molar-refractivity contribution in [2.75, 3.05) is 0 Å². The summed E-state index contributed by atoms with van der Waals surface area (Å²) in [6, 6.07) is 10.6.